The quantitative estimate of drug-likeness (QED) is 0.847. The van der Waals surface area contributed by atoms with Gasteiger partial charge in [-0.25, -0.2) is 18.2 Å². The van der Waals surface area contributed by atoms with E-state index in [2.05, 4.69) is 9.71 Å². The number of hydrogen-bond acceptors (Lipinski definition) is 4. The molecular weight excluding hydrogens is 292 g/mol. The van der Waals surface area contributed by atoms with E-state index in [0.29, 0.717) is 6.42 Å². The highest BCUT2D eigenvalue weighted by Gasteiger charge is 2.13. The molecule has 0 aliphatic carbocycles. The summed E-state index contributed by atoms with van der Waals surface area (Å²) in [4.78, 5) is 14.5. The SMILES string of the molecule is O=C(O)c1cccc(NS(=O)(=O)CCc2ccccc2)n1. The lowest BCUT2D eigenvalue weighted by atomic mass is 10.2. The van der Waals surface area contributed by atoms with Gasteiger partial charge in [0.2, 0.25) is 10.0 Å². The van der Waals surface area contributed by atoms with Gasteiger partial charge in [-0.2, -0.15) is 0 Å². The predicted molar refractivity (Wildman–Crippen MR) is 78.8 cm³/mol. The fraction of sp³-hybridized carbons (Fsp3) is 0.143. The fourth-order valence-electron chi connectivity index (χ4n) is 1.72. The van der Waals surface area contributed by atoms with Gasteiger partial charge in [-0.1, -0.05) is 36.4 Å². The van der Waals surface area contributed by atoms with E-state index >= 15 is 0 Å². The van der Waals surface area contributed by atoms with Gasteiger partial charge in [0.25, 0.3) is 0 Å². The second-order valence-corrected chi connectivity index (χ2v) is 6.21. The molecule has 2 N–H and O–H groups in total. The number of hydrogen-bond donors (Lipinski definition) is 2. The van der Waals surface area contributed by atoms with Crippen LogP contribution in [0.5, 0.6) is 0 Å². The van der Waals surface area contributed by atoms with Crippen molar-refractivity contribution in [2.75, 3.05) is 10.5 Å². The highest BCUT2D eigenvalue weighted by molar-refractivity contribution is 7.92. The first-order valence-electron chi connectivity index (χ1n) is 6.21. The smallest absolute Gasteiger partial charge is 0.354 e. The molecule has 0 aliphatic heterocycles. The van der Waals surface area contributed by atoms with Crippen molar-refractivity contribution >= 4 is 21.8 Å². The molecule has 0 amide bonds. The van der Waals surface area contributed by atoms with Crippen LogP contribution >= 0.6 is 0 Å². The van der Waals surface area contributed by atoms with Crippen LogP contribution in [0.1, 0.15) is 16.1 Å². The monoisotopic (exact) mass is 306 g/mol. The molecule has 7 heteroatoms. The van der Waals surface area contributed by atoms with Crippen molar-refractivity contribution in [3.63, 3.8) is 0 Å². The van der Waals surface area contributed by atoms with Crippen LogP contribution in [-0.4, -0.2) is 30.2 Å². The van der Waals surface area contributed by atoms with Crippen LogP contribution in [0.3, 0.4) is 0 Å². The number of benzene rings is 1. The first kappa shape index (κ1) is 15.0. The third-order valence-electron chi connectivity index (χ3n) is 2.73. The van der Waals surface area contributed by atoms with Crippen molar-refractivity contribution in [2.24, 2.45) is 0 Å². The number of carboxylic acids is 1. The van der Waals surface area contributed by atoms with Gasteiger partial charge < -0.3 is 5.11 Å². The van der Waals surface area contributed by atoms with E-state index in [-0.39, 0.29) is 17.3 Å². The zero-order valence-corrected chi connectivity index (χ0v) is 11.9. The summed E-state index contributed by atoms with van der Waals surface area (Å²) in [7, 11) is -3.58. The first-order valence-corrected chi connectivity index (χ1v) is 7.86. The maximum atomic E-state index is 12.0. The van der Waals surface area contributed by atoms with Gasteiger partial charge in [-0.15, -0.1) is 0 Å². The van der Waals surface area contributed by atoms with E-state index in [1.165, 1.54) is 18.2 Å². The number of nitrogens with one attached hydrogen (secondary N) is 1. The number of aryl methyl sites for hydroxylation is 1. The Hall–Kier alpha value is -2.41. The molecule has 1 aromatic carbocycles. The average Bonchev–Trinajstić information content (AvgIpc) is 2.46. The third kappa shape index (κ3) is 4.57. The molecule has 2 rings (SSSR count). The number of carboxylic acid groups (broad SMARTS) is 1. The van der Waals surface area contributed by atoms with Gasteiger partial charge >= 0.3 is 5.97 Å². The van der Waals surface area contributed by atoms with Crippen molar-refractivity contribution in [1.82, 2.24) is 4.98 Å². The molecule has 0 unspecified atom stereocenters. The van der Waals surface area contributed by atoms with Crippen LogP contribution in [0, 0.1) is 0 Å². The van der Waals surface area contributed by atoms with Crippen molar-refractivity contribution in [3.8, 4) is 0 Å². The zero-order valence-electron chi connectivity index (χ0n) is 11.1. The van der Waals surface area contributed by atoms with Crippen LogP contribution < -0.4 is 4.72 Å². The van der Waals surface area contributed by atoms with Crippen molar-refractivity contribution in [1.29, 1.82) is 0 Å². The Kier molecular flexibility index (Phi) is 4.54. The number of rotatable bonds is 6. The molecule has 0 atom stereocenters. The Morgan fingerprint density at radius 1 is 1.10 bits per heavy atom. The molecule has 0 radical (unpaired) electrons. The summed E-state index contributed by atoms with van der Waals surface area (Å²) in [5.41, 5.74) is 0.702. The number of carbonyl (C=O) groups is 1. The summed E-state index contributed by atoms with van der Waals surface area (Å²) in [6, 6.07) is 13.4. The number of aromatic carboxylic acids is 1. The molecule has 1 heterocycles. The standard InChI is InChI=1S/C14H14N2O4S/c17-14(18)12-7-4-8-13(15-12)16-21(19,20)10-9-11-5-2-1-3-6-11/h1-8H,9-10H2,(H,15,16)(H,17,18). The Morgan fingerprint density at radius 2 is 1.81 bits per heavy atom. The summed E-state index contributed by atoms with van der Waals surface area (Å²) in [6.45, 7) is 0. The van der Waals surface area contributed by atoms with Crippen LogP contribution in [-0.2, 0) is 16.4 Å². The minimum atomic E-state index is -3.58. The number of anilines is 1. The van der Waals surface area contributed by atoms with Crippen molar-refractivity contribution in [2.45, 2.75) is 6.42 Å². The second kappa shape index (κ2) is 6.36. The fourth-order valence-corrected chi connectivity index (χ4v) is 2.76. The highest BCUT2D eigenvalue weighted by Crippen LogP contribution is 2.09. The van der Waals surface area contributed by atoms with Crippen molar-refractivity contribution in [3.05, 3.63) is 59.8 Å². The molecule has 2 aromatic rings. The Bertz CT molecular complexity index is 730. The lowest BCUT2D eigenvalue weighted by molar-refractivity contribution is 0.0690. The molecule has 0 aliphatic rings. The largest absolute Gasteiger partial charge is 0.477 e. The Morgan fingerprint density at radius 3 is 2.48 bits per heavy atom. The Balaban J connectivity index is 2.04. The van der Waals surface area contributed by atoms with Gasteiger partial charge in [0.05, 0.1) is 5.75 Å². The van der Waals surface area contributed by atoms with E-state index in [0.717, 1.165) is 5.56 Å². The maximum absolute atomic E-state index is 12.0. The molecule has 0 saturated carbocycles. The molecule has 0 bridgehead atoms. The second-order valence-electron chi connectivity index (χ2n) is 4.37. The highest BCUT2D eigenvalue weighted by atomic mass is 32.2. The van der Waals surface area contributed by atoms with E-state index in [9.17, 15) is 13.2 Å². The molecule has 21 heavy (non-hydrogen) atoms. The third-order valence-corrected chi connectivity index (χ3v) is 3.99. The van der Waals surface area contributed by atoms with Crippen LogP contribution in [0.15, 0.2) is 48.5 Å². The van der Waals surface area contributed by atoms with Crippen LogP contribution in [0.2, 0.25) is 0 Å². The maximum Gasteiger partial charge on any atom is 0.354 e. The lowest BCUT2D eigenvalue weighted by Gasteiger charge is -2.07. The van der Waals surface area contributed by atoms with Gasteiger partial charge in [0.1, 0.15) is 5.82 Å². The Labute approximate surface area is 122 Å². The van der Waals surface area contributed by atoms with Gasteiger partial charge in [0, 0.05) is 0 Å². The predicted octanol–water partition coefficient (Wildman–Crippen LogP) is 1.76. The average molecular weight is 306 g/mol. The number of sulfonamides is 1. The molecule has 0 saturated heterocycles. The van der Waals surface area contributed by atoms with Crippen LogP contribution in [0.25, 0.3) is 0 Å². The van der Waals surface area contributed by atoms with E-state index in [1.54, 1.807) is 0 Å². The van der Waals surface area contributed by atoms with Gasteiger partial charge in [-0.05, 0) is 24.1 Å². The van der Waals surface area contributed by atoms with Crippen molar-refractivity contribution < 1.29 is 18.3 Å². The summed E-state index contributed by atoms with van der Waals surface area (Å²) in [5, 5.41) is 8.82. The van der Waals surface area contributed by atoms with Crippen LogP contribution in [0.4, 0.5) is 5.82 Å². The van der Waals surface area contributed by atoms with E-state index in [1.807, 2.05) is 30.3 Å². The summed E-state index contributed by atoms with van der Waals surface area (Å²) in [5.74, 6) is -1.31. The molecule has 0 spiro atoms. The molecule has 110 valence electrons. The zero-order chi connectivity index (χ0) is 15.3. The van der Waals surface area contributed by atoms with E-state index in [4.69, 9.17) is 5.11 Å². The number of nitrogens with zero attached hydrogens (tertiary/aromatic N) is 1. The number of pyridine rings is 1. The van der Waals surface area contributed by atoms with E-state index < -0.39 is 16.0 Å². The molecule has 1 aromatic heterocycles. The number of aromatic nitrogens is 1. The van der Waals surface area contributed by atoms with Gasteiger partial charge in [0.15, 0.2) is 5.69 Å². The normalized spacial score (nSPS) is 11.0. The summed E-state index contributed by atoms with van der Waals surface area (Å²) < 4.78 is 26.2. The molecular formula is C14H14N2O4S. The van der Waals surface area contributed by atoms with Gasteiger partial charge in [-0.3, -0.25) is 4.72 Å². The lowest BCUT2D eigenvalue weighted by Crippen LogP contribution is -2.19. The molecule has 0 fully saturated rings. The molecule has 6 nitrogen and oxygen atoms in total. The first-order chi connectivity index (χ1) is 9.96. The summed E-state index contributed by atoms with van der Waals surface area (Å²) in [6.07, 6.45) is 0.370. The summed E-state index contributed by atoms with van der Waals surface area (Å²) >= 11 is 0. The topological polar surface area (TPSA) is 96.4 Å². The minimum absolute atomic E-state index is 0.00274. The minimum Gasteiger partial charge on any atom is -0.477 e.